The van der Waals surface area contributed by atoms with Crippen molar-refractivity contribution in [3.05, 3.63) is 105 Å². The highest BCUT2D eigenvalue weighted by atomic mass is 19.1. The summed E-state index contributed by atoms with van der Waals surface area (Å²) in [6.45, 7) is 5.73. The van der Waals surface area contributed by atoms with Crippen molar-refractivity contribution in [1.29, 1.82) is 0 Å². The van der Waals surface area contributed by atoms with Gasteiger partial charge in [-0.15, -0.1) is 0 Å². The molecule has 1 aliphatic rings. The maximum Gasteiger partial charge on any atom is 0.321 e. The van der Waals surface area contributed by atoms with E-state index in [4.69, 9.17) is 0 Å². The lowest BCUT2D eigenvalue weighted by Crippen LogP contribution is -2.51. The Bertz CT molecular complexity index is 1280. The van der Waals surface area contributed by atoms with Crippen LogP contribution < -0.4 is 5.32 Å². The molecular weight excluding hydrogens is 489 g/mol. The fourth-order valence-corrected chi connectivity index (χ4v) is 4.35. The van der Waals surface area contributed by atoms with Crippen molar-refractivity contribution >= 4 is 23.3 Å². The Morgan fingerprint density at radius 2 is 1.63 bits per heavy atom. The first kappa shape index (κ1) is 26.7. The molecule has 0 radical (unpaired) electrons. The molecule has 38 heavy (non-hydrogen) atoms. The number of non-ortho nitro benzene ring substituents is 1. The number of hydrogen-bond donors (Lipinski definition) is 1. The number of benzene rings is 3. The standard InChI is InChI=1S/C28H30FN5O4/c1-21-4-2-3-5-26(21)27(35)33(20-22-6-8-23(29)9-7-22)19-16-31-14-17-32(18-15-31)28(36)30-24-10-12-25(13-11-24)34(37)38/h2-13H,14-20H2,1H3,(H,30,36). The molecule has 0 unspecified atom stereocenters. The monoisotopic (exact) mass is 519 g/mol. The van der Waals surface area contributed by atoms with Crippen LogP contribution in [0.25, 0.3) is 0 Å². The van der Waals surface area contributed by atoms with Gasteiger partial charge in [0.25, 0.3) is 11.6 Å². The summed E-state index contributed by atoms with van der Waals surface area (Å²) in [6, 6.07) is 19.1. The molecule has 1 heterocycles. The zero-order valence-corrected chi connectivity index (χ0v) is 21.2. The summed E-state index contributed by atoms with van der Waals surface area (Å²) in [4.78, 5) is 42.1. The van der Waals surface area contributed by atoms with Crippen molar-refractivity contribution in [1.82, 2.24) is 14.7 Å². The number of nitro groups is 1. The fraction of sp³-hybridized carbons (Fsp3) is 0.286. The molecule has 1 saturated heterocycles. The van der Waals surface area contributed by atoms with E-state index in [9.17, 15) is 24.1 Å². The Balaban J connectivity index is 1.33. The molecule has 0 saturated carbocycles. The number of anilines is 1. The molecule has 9 nitrogen and oxygen atoms in total. The minimum absolute atomic E-state index is 0.0361. The van der Waals surface area contributed by atoms with Crippen LogP contribution in [-0.2, 0) is 6.54 Å². The van der Waals surface area contributed by atoms with Crippen molar-refractivity contribution < 1.29 is 18.9 Å². The summed E-state index contributed by atoms with van der Waals surface area (Å²) < 4.78 is 13.4. The number of amides is 3. The van der Waals surface area contributed by atoms with Gasteiger partial charge in [-0.3, -0.25) is 19.8 Å². The van der Waals surface area contributed by atoms with E-state index in [-0.39, 0.29) is 23.4 Å². The Kier molecular flexibility index (Phi) is 8.65. The molecule has 3 aromatic rings. The normalized spacial score (nSPS) is 13.7. The topological polar surface area (TPSA) is 99.0 Å². The van der Waals surface area contributed by atoms with Gasteiger partial charge in [-0.05, 0) is 48.4 Å². The number of nitro benzene ring substituents is 1. The third-order valence-corrected chi connectivity index (χ3v) is 6.62. The zero-order valence-electron chi connectivity index (χ0n) is 21.2. The van der Waals surface area contributed by atoms with E-state index in [2.05, 4.69) is 10.2 Å². The van der Waals surface area contributed by atoms with E-state index in [0.717, 1.165) is 11.1 Å². The highest BCUT2D eigenvalue weighted by Crippen LogP contribution is 2.17. The van der Waals surface area contributed by atoms with Crippen molar-refractivity contribution in [3.63, 3.8) is 0 Å². The number of nitrogens with zero attached hydrogens (tertiary/aromatic N) is 4. The summed E-state index contributed by atoms with van der Waals surface area (Å²) in [5.41, 5.74) is 2.85. The van der Waals surface area contributed by atoms with Gasteiger partial charge in [0.2, 0.25) is 0 Å². The van der Waals surface area contributed by atoms with Gasteiger partial charge in [0.05, 0.1) is 4.92 Å². The number of nitrogens with one attached hydrogen (secondary N) is 1. The summed E-state index contributed by atoms with van der Waals surface area (Å²) in [5.74, 6) is -0.394. The number of carbonyl (C=O) groups is 2. The molecule has 1 fully saturated rings. The van der Waals surface area contributed by atoms with E-state index in [0.29, 0.717) is 57.1 Å². The number of carbonyl (C=O) groups excluding carboxylic acids is 2. The van der Waals surface area contributed by atoms with Crippen LogP contribution in [0.2, 0.25) is 0 Å². The van der Waals surface area contributed by atoms with Gasteiger partial charge in [-0.25, -0.2) is 9.18 Å². The van der Waals surface area contributed by atoms with Gasteiger partial charge in [-0.1, -0.05) is 30.3 Å². The molecule has 1 N–H and O–H groups in total. The number of halogens is 1. The Morgan fingerprint density at radius 1 is 0.974 bits per heavy atom. The van der Waals surface area contributed by atoms with Crippen molar-refractivity contribution in [2.75, 3.05) is 44.6 Å². The summed E-state index contributed by atoms with van der Waals surface area (Å²) in [5, 5.41) is 13.6. The molecule has 0 spiro atoms. The lowest BCUT2D eigenvalue weighted by molar-refractivity contribution is -0.384. The second kappa shape index (κ2) is 12.3. The molecule has 0 aromatic heterocycles. The van der Waals surface area contributed by atoms with Gasteiger partial charge >= 0.3 is 6.03 Å². The highest BCUT2D eigenvalue weighted by Gasteiger charge is 2.23. The Hall–Kier alpha value is -4.31. The van der Waals surface area contributed by atoms with E-state index in [1.165, 1.54) is 36.4 Å². The summed E-state index contributed by atoms with van der Waals surface area (Å²) >= 11 is 0. The predicted molar refractivity (Wildman–Crippen MR) is 142 cm³/mol. The minimum Gasteiger partial charge on any atom is -0.333 e. The van der Waals surface area contributed by atoms with Crippen molar-refractivity contribution in [2.24, 2.45) is 0 Å². The Labute approximate surface area is 220 Å². The number of urea groups is 1. The zero-order chi connectivity index (χ0) is 27.1. The number of aryl methyl sites for hydroxylation is 1. The molecule has 0 aliphatic carbocycles. The molecule has 3 amide bonds. The maximum atomic E-state index is 13.4. The summed E-state index contributed by atoms with van der Waals surface area (Å²) in [6.07, 6.45) is 0. The van der Waals surface area contributed by atoms with Crippen LogP contribution in [0.1, 0.15) is 21.5 Å². The van der Waals surface area contributed by atoms with Crippen LogP contribution in [0.5, 0.6) is 0 Å². The molecule has 4 rings (SSSR count). The molecule has 3 aromatic carbocycles. The first-order valence-corrected chi connectivity index (χ1v) is 12.4. The first-order valence-electron chi connectivity index (χ1n) is 12.4. The SMILES string of the molecule is Cc1ccccc1C(=O)N(CCN1CCN(C(=O)Nc2ccc([N+](=O)[O-])cc2)CC1)Cc1ccc(F)cc1. The highest BCUT2D eigenvalue weighted by molar-refractivity contribution is 5.95. The van der Waals surface area contributed by atoms with Gasteiger partial charge < -0.3 is 15.1 Å². The van der Waals surface area contributed by atoms with Crippen LogP contribution in [0, 0.1) is 22.9 Å². The van der Waals surface area contributed by atoms with E-state index in [1.807, 2.05) is 31.2 Å². The average molecular weight is 520 g/mol. The van der Waals surface area contributed by atoms with Crippen LogP contribution in [-0.4, -0.2) is 70.8 Å². The second-order valence-corrected chi connectivity index (χ2v) is 9.23. The van der Waals surface area contributed by atoms with Crippen LogP contribution in [0.15, 0.2) is 72.8 Å². The molecule has 0 bridgehead atoms. The number of rotatable bonds is 8. The van der Waals surface area contributed by atoms with E-state index in [1.54, 1.807) is 21.9 Å². The van der Waals surface area contributed by atoms with Crippen molar-refractivity contribution in [2.45, 2.75) is 13.5 Å². The fourth-order valence-electron chi connectivity index (χ4n) is 4.35. The Morgan fingerprint density at radius 3 is 2.26 bits per heavy atom. The van der Waals surface area contributed by atoms with E-state index < -0.39 is 4.92 Å². The van der Waals surface area contributed by atoms with Gasteiger partial charge in [0, 0.05) is 69.2 Å². The number of piperazine rings is 1. The third kappa shape index (κ3) is 6.92. The molecule has 198 valence electrons. The smallest absolute Gasteiger partial charge is 0.321 e. The van der Waals surface area contributed by atoms with Gasteiger partial charge in [-0.2, -0.15) is 0 Å². The third-order valence-electron chi connectivity index (χ3n) is 6.62. The molecule has 1 aliphatic heterocycles. The lowest BCUT2D eigenvalue weighted by atomic mass is 10.1. The molecular formula is C28H30FN5O4. The minimum atomic E-state index is -0.486. The van der Waals surface area contributed by atoms with E-state index >= 15 is 0 Å². The van der Waals surface area contributed by atoms with Crippen LogP contribution in [0.4, 0.5) is 20.6 Å². The first-order chi connectivity index (χ1) is 18.3. The quantitative estimate of drug-likeness (QED) is 0.348. The van der Waals surface area contributed by atoms with Crippen LogP contribution in [0.3, 0.4) is 0 Å². The van der Waals surface area contributed by atoms with Crippen LogP contribution >= 0.6 is 0 Å². The predicted octanol–water partition coefficient (Wildman–Crippen LogP) is 4.53. The maximum absolute atomic E-state index is 13.4. The largest absolute Gasteiger partial charge is 0.333 e. The van der Waals surface area contributed by atoms with Gasteiger partial charge in [0.15, 0.2) is 0 Å². The van der Waals surface area contributed by atoms with Crippen molar-refractivity contribution in [3.8, 4) is 0 Å². The molecule has 0 atom stereocenters. The lowest BCUT2D eigenvalue weighted by Gasteiger charge is -2.36. The summed E-state index contributed by atoms with van der Waals surface area (Å²) in [7, 11) is 0. The molecule has 10 heteroatoms. The number of hydrogen-bond acceptors (Lipinski definition) is 5. The van der Waals surface area contributed by atoms with Gasteiger partial charge in [0.1, 0.15) is 5.82 Å². The average Bonchev–Trinajstić information content (AvgIpc) is 2.92. The second-order valence-electron chi connectivity index (χ2n) is 9.23.